The summed E-state index contributed by atoms with van der Waals surface area (Å²) in [7, 11) is 0. The standard InChI is InChI=1S/C16H22O/c1-2-11-6-10(1)15-12-5-9(3-4-13-8-17-13)14(7-12)16(11)15/h1-2,9-16H,3-8H2. The summed E-state index contributed by atoms with van der Waals surface area (Å²) in [5.41, 5.74) is 0. The predicted molar refractivity (Wildman–Crippen MR) is 66.4 cm³/mol. The molecule has 1 nitrogen and oxygen atoms in total. The van der Waals surface area contributed by atoms with Gasteiger partial charge in [0.1, 0.15) is 0 Å². The number of rotatable bonds is 3. The van der Waals surface area contributed by atoms with Gasteiger partial charge < -0.3 is 4.74 Å². The molecule has 92 valence electrons. The van der Waals surface area contributed by atoms with Crippen molar-refractivity contribution in [2.75, 3.05) is 6.61 Å². The molecule has 0 amide bonds. The number of fused-ring (bicyclic) bond motifs is 9. The molecular weight excluding hydrogens is 208 g/mol. The van der Waals surface area contributed by atoms with Gasteiger partial charge in [-0.3, -0.25) is 0 Å². The summed E-state index contributed by atoms with van der Waals surface area (Å²) in [4.78, 5) is 0. The molecule has 4 aliphatic carbocycles. The average Bonchev–Trinajstić information content (AvgIpc) is 2.78. The maximum absolute atomic E-state index is 5.37. The van der Waals surface area contributed by atoms with Gasteiger partial charge in [-0.05, 0) is 73.5 Å². The van der Waals surface area contributed by atoms with Crippen LogP contribution in [-0.4, -0.2) is 12.7 Å². The van der Waals surface area contributed by atoms with Crippen molar-refractivity contribution in [3.05, 3.63) is 12.2 Å². The maximum Gasteiger partial charge on any atom is 0.0810 e. The lowest BCUT2D eigenvalue weighted by molar-refractivity contribution is 0.140. The third-order valence-electron chi connectivity index (χ3n) is 6.67. The highest BCUT2D eigenvalue weighted by atomic mass is 16.6. The van der Waals surface area contributed by atoms with E-state index in [1.807, 2.05) is 0 Å². The van der Waals surface area contributed by atoms with Crippen LogP contribution in [0.15, 0.2) is 12.2 Å². The van der Waals surface area contributed by atoms with E-state index in [0.717, 1.165) is 48.0 Å². The monoisotopic (exact) mass is 230 g/mol. The quantitative estimate of drug-likeness (QED) is 0.412. The van der Waals surface area contributed by atoms with Crippen LogP contribution in [0, 0.1) is 41.4 Å². The minimum atomic E-state index is 0.657. The van der Waals surface area contributed by atoms with E-state index >= 15 is 0 Å². The molecule has 8 unspecified atom stereocenters. The fourth-order valence-corrected chi connectivity index (χ4v) is 6.12. The molecule has 0 spiro atoms. The van der Waals surface area contributed by atoms with Crippen LogP contribution in [-0.2, 0) is 4.74 Å². The summed E-state index contributed by atoms with van der Waals surface area (Å²) >= 11 is 0. The molecule has 5 aliphatic rings. The van der Waals surface area contributed by atoms with Gasteiger partial charge in [0.2, 0.25) is 0 Å². The van der Waals surface area contributed by atoms with E-state index in [0.29, 0.717) is 6.10 Å². The first-order chi connectivity index (χ1) is 8.40. The van der Waals surface area contributed by atoms with Gasteiger partial charge in [0, 0.05) is 0 Å². The van der Waals surface area contributed by atoms with Crippen LogP contribution in [0.1, 0.15) is 32.1 Å². The molecule has 1 heterocycles. The highest BCUT2D eigenvalue weighted by Gasteiger charge is 2.60. The van der Waals surface area contributed by atoms with Crippen molar-refractivity contribution in [3.8, 4) is 0 Å². The largest absolute Gasteiger partial charge is 0.373 e. The topological polar surface area (TPSA) is 12.5 Å². The molecule has 1 heteroatoms. The average molecular weight is 230 g/mol. The normalized spacial score (nSPS) is 61.2. The van der Waals surface area contributed by atoms with Crippen LogP contribution in [0.5, 0.6) is 0 Å². The molecular formula is C16H22O. The highest BCUT2D eigenvalue weighted by molar-refractivity contribution is 5.20. The van der Waals surface area contributed by atoms with Gasteiger partial charge in [0.25, 0.3) is 0 Å². The van der Waals surface area contributed by atoms with Crippen molar-refractivity contribution >= 4 is 0 Å². The van der Waals surface area contributed by atoms with Crippen LogP contribution >= 0.6 is 0 Å². The molecule has 3 saturated carbocycles. The zero-order valence-corrected chi connectivity index (χ0v) is 10.4. The molecule has 0 aromatic rings. The van der Waals surface area contributed by atoms with E-state index in [4.69, 9.17) is 4.74 Å². The molecule has 4 bridgehead atoms. The number of hydrogen-bond donors (Lipinski definition) is 0. The van der Waals surface area contributed by atoms with E-state index < -0.39 is 0 Å². The van der Waals surface area contributed by atoms with Crippen LogP contribution in [0.2, 0.25) is 0 Å². The van der Waals surface area contributed by atoms with Crippen molar-refractivity contribution < 1.29 is 4.74 Å². The van der Waals surface area contributed by atoms with E-state index in [9.17, 15) is 0 Å². The summed E-state index contributed by atoms with van der Waals surface area (Å²) in [6, 6.07) is 0. The summed E-state index contributed by atoms with van der Waals surface area (Å²) in [5, 5.41) is 0. The Morgan fingerprint density at radius 2 is 1.76 bits per heavy atom. The van der Waals surface area contributed by atoms with Gasteiger partial charge in [-0.2, -0.15) is 0 Å². The Morgan fingerprint density at radius 1 is 0.941 bits per heavy atom. The van der Waals surface area contributed by atoms with Crippen LogP contribution < -0.4 is 0 Å². The molecule has 4 fully saturated rings. The summed E-state index contributed by atoms with van der Waals surface area (Å²) in [5.74, 6) is 7.47. The zero-order chi connectivity index (χ0) is 11.0. The first kappa shape index (κ1) is 9.61. The molecule has 1 saturated heterocycles. The Bertz CT molecular complexity index is 370. The summed E-state index contributed by atoms with van der Waals surface area (Å²) in [6.45, 7) is 1.06. The smallest absolute Gasteiger partial charge is 0.0810 e. The van der Waals surface area contributed by atoms with Gasteiger partial charge in [-0.25, -0.2) is 0 Å². The lowest BCUT2D eigenvalue weighted by Gasteiger charge is -2.36. The second-order valence-corrected chi connectivity index (χ2v) is 7.29. The Kier molecular flexibility index (Phi) is 1.79. The number of epoxide rings is 1. The molecule has 1 aliphatic heterocycles. The molecule has 0 aromatic heterocycles. The van der Waals surface area contributed by atoms with Crippen molar-refractivity contribution in [2.24, 2.45) is 41.4 Å². The third kappa shape index (κ3) is 1.24. The van der Waals surface area contributed by atoms with E-state index in [-0.39, 0.29) is 0 Å². The van der Waals surface area contributed by atoms with E-state index in [1.165, 1.54) is 19.3 Å². The number of hydrogen-bond acceptors (Lipinski definition) is 1. The van der Waals surface area contributed by atoms with Crippen LogP contribution in [0.3, 0.4) is 0 Å². The summed E-state index contributed by atoms with van der Waals surface area (Å²) < 4.78 is 5.37. The van der Waals surface area contributed by atoms with E-state index in [1.54, 1.807) is 12.8 Å². The lowest BCUT2D eigenvalue weighted by atomic mass is 9.68. The fourth-order valence-electron chi connectivity index (χ4n) is 6.12. The van der Waals surface area contributed by atoms with Gasteiger partial charge in [0.05, 0.1) is 12.7 Å². The van der Waals surface area contributed by atoms with Gasteiger partial charge >= 0.3 is 0 Å². The fraction of sp³-hybridized carbons (Fsp3) is 0.875. The van der Waals surface area contributed by atoms with Crippen molar-refractivity contribution in [2.45, 2.75) is 38.2 Å². The second kappa shape index (κ2) is 3.17. The minimum Gasteiger partial charge on any atom is -0.373 e. The van der Waals surface area contributed by atoms with Crippen molar-refractivity contribution in [1.29, 1.82) is 0 Å². The maximum atomic E-state index is 5.37. The lowest BCUT2D eigenvalue weighted by Crippen LogP contribution is -2.31. The van der Waals surface area contributed by atoms with Crippen molar-refractivity contribution in [1.82, 2.24) is 0 Å². The third-order valence-corrected chi connectivity index (χ3v) is 6.67. The van der Waals surface area contributed by atoms with Gasteiger partial charge in [-0.15, -0.1) is 0 Å². The highest BCUT2D eigenvalue weighted by Crippen LogP contribution is 2.67. The molecule has 17 heavy (non-hydrogen) atoms. The van der Waals surface area contributed by atoms with Crippen LogP contribution in [0.25, 0.3) is 0 Å². The Labute approximate surface area is 104 Å². The van der Waals surface area contributed by atoms with Crippen molar-refractivity contribution in [3.63, 3.8) is 0 Å². The predicted octanol–water partition coefficient (Wildman–Crippen LogP) is 3.26. The number of allylic oxidation sites excluding steroid dienone is 2. The van der Waals surface area contributed by atoms with Gasteiger partial charge in [0.15, 0.2) is 0 Å². The zero-order valence-electron chi connectivity index (χ0n) is 10.4. The molecule has 0 radical (unpaired) electrons. The Morgan fingerprint density at radius 3 is 2.59 bits per heavy atom. The molecule has 0 aromatic carbocycles. The SMILES string of the molecule is C1=CC2CC1C1C3CC(CCC4CO4)C(C3)C21. The van der Waals surface area contributed by atoms with E-state index in [2.05, 4.69) is 12.2 Å². The number of ether oxygens (including phenoxy) is 1. The Balaban J connectivity index is 1.35. The second-order valence-electron chi connectivity index (χ2n) is 7.29. The molecule has 5 rings (SSSR count). The Hall–Kier alpha value is -0.300. The molecule has 8 atom stereocenters. The summed E-state index contributed by atoms with van der Waals surface area (Å²) in [6.07, 6.45) is 13.3. The van der Waals surface area contributed by atoms with Gasteiger partial charge in [-0.1, -0.05) is 12.2 Å². The first-order valence-corrected chi connectivity index (χ1v) is 7.70. The van der Waals surface area contributed by atoms with Crippen LogP contribution in [0.4, 0.5) is 0 Å². The first-order valence-electron chi connectivity index (χ1n) is 7.70. The minimum absolute atomic E-state index is 0.657. The molecule has 0 N–H and O–H groups in total.